The lowest BCUT2D eigenvalue weighted by atomic mass is 9.99. The monoisotopic (exact) mass is 451 g/mol. The lowest BCUT2D eigenvalue weighted by Crippen LogP contribution is -2.10. The van der Waals surface area contributed by atoms with Crippen LogP contribution in [-0.4, -0.2) is 33.5 Å². The maximum Gasteiger partial charge on any atom is 0.337 e. The number of carbonyl (C=O) groups excluding carboxylic acids is 2. The Morgan fingerprint density at radius 2 is 1.76 bits per heavy atom. The Labute approximate surface area is 195 Å². The summed E-state index contributed by atoms with van der Waals surface area (Å²) in [5.41, 5.74) is 5.33. The number of pyridine rings is 1. The fourth-order valence-electron chi connectivity index (χ4n) is 3.95. The lowest BCUT2D eigenvalue weighted by molar-refractivity contribution is -0.110. The zero-order valence-electron chi connectivity index (χ0n) is 18.6. The van der Waals surface area contributed by atoms with E-state index in [0.717, 1.165) is 22.6 Å². The van der Waals surface area contributed by atoms with E-state index in [4.69, 9.17) is 4.74 Å². The first-order chi connectivity index (χ1) is 16.5. The van der Waals surface area contributed by atoms with E-state index in [2.05, 4.69) is 20.6 Å². The third kappa shape index (κ3) is 3.81. The number of anilines is 2. The van der Waals surface area contributed by atoms with E-state index in [1.807, 2.05) is 54.2 Å². The number of hydrogen-bond acceptors (Lipinski definition) is 6. The Hall–Kier alpha value is -4.72. The lowest BCUT2D eigenvalue weighted by Gasteiger charge is -2.15. The summed E-state index contributed by atoms with van der Waals surface area (Å²) in [6.07, 6.45) is 7.01. The van der Waals surface area contributed by atoms with Gasteiger partial charge >= 0.3 is 5.97 Å². The van der Waals surface area contributed by atoms with Gasteiger partial charge in [-0.3, -0.25) is 9.78 Å². The number of esters is 1. The van der Waals surface area contributed by atoms with Crippen LogP contribution in [0.25, 0.3) is 22.7 Å². The fraction of sp³-hybridized carbons (Fsp3) is 0.0769. The maximum atomic E-state index is 13.1. The standard InChI is InChI=1S/C26H21N5O3/c1-31-14-13-28-24(31)17-3-6-19(7-4-17)29-23(16-9-11-27-12-10-16)22-20-8-5-18(26(33)34-2)15-21(20)30-25(22)32/h3-15,29H,1-2H3,(H,30,32)/b23-22-. The highest BCUT2D eigenvalue weighted by atomic mass is 16.5. The van der Waals surface area contributed by atoms with E-state index in [1.54, 1.807) is 36.8 Å². The molecule has 0 aliphatic carbocycles. The van der Waals surface area contributed by atoms with Gasteiger partial charge in [0.05, 0.1) is 29.6 Å². The van der Waals surface area contributed by atoms with Gasteiger partial charge in [0.2, 0.25) is 0 Å². The molecule has 8 heteroatoms. The zero-order valence-corrected chi connectivity index (χ0v) is 18.6. The van der Waals surface area contributed by atoms with Crippen LogP contribution in [0.3, 0.4) is 0 Å². The fourth-order valence-corrected chi connectivity index (χ4v) is 3.95. The van der Waals surface area contributed by atoms with Crippen molar-refractivity contribution in [1.29, 1.82) is 0 Å². The third-order valence-corrected chi connectivity index (χ3v) is 5.64. The van der Waals surface area contributed by atoms with Gasteiger partial charge in [0, 0.05) is 54.2 Å². The predicted molar refractivity (Wildman–Crippen MR) is 130 cm³/mol. The van der Waals surface area contributed by atoms with Crippen LogP contribution >= 0.6 is 0 Å². The molecule has 2 aromatic heterocycles. The van der Waals surface area contributed by atoms with Crippen molar-refractivity contribution in [3.05, 3.63) is 96.1 Å². The third-order valence-electron chi connectivity index (χ3n) is 5.64. The van der Waals surface area contributed by atoms with Crippen LogP contribution in [-0.2, 0) is 16.6 Å². The number of rotatable bonds is 5. The van der Waals surface area contributed by atoms with Crippen molar-refractivity contribution in [2.45, 2.75) is 0 Å². The van der Waals surface area contributed by atoms with Crippen LogP contribution in [0.2, 0.25) is 0 Å². The first kappa shape index (κ1) is 21.1. The van der Waals surface area contributed by atoms with Gasteiger partial charge in [0.1, 0.15) is 5.82 Å². The molecule has 0 bridgehead atoms. The Morgan fingerprint density at radius 1 is 1.00 bits per heavy atom. The average molecular weight is 451 g/mol. The smallest absolute Gasteiger partial charge is 0.337 e. The van der Waals surface area contributed by atoms with Gasteiger partial charge in [-0.1, -0.05) is 6.07 Å². The first-order valence-electron chi connectivity index (χ1n) is 10.6. The SMILES string of the molecule is COC(=O)c1ccc2c(c1)NC(=O)/C2=C(\Nc1ccc(-c2nccn2C)cc1)c1ccncc1. The Kier molecular flexibility index (Phi) is 5.39. The van der Waals surface area contributed by atoms with Crippen LogP contribution in [0, 0.1) is 0 Å². The molecule has 5 rings (SSSR count). The maximum absolute atomic E-state index is 13.1. The first-order valence-corrected chi connectivity index (χ1v) is 10.6. The molecule has 1 aliphatic heterocycles. The number of ether oxygens (including phenoxy) is 1. The van der Waals surface area contributed by atoms with Crippen LogP contribution in [0.5, 0.6) is 0 Å². The molecule has 34 heavy (non-hydrogen) atoms. The average Bonchev–Trinajstić information content (AvgIpc) is 3.44. The number of methoxy groups -OCH3 is 1. The summed E-state index contributed by atoms with van der Waals surface area (Å²) in [4.78, 5) is 33.5. The molecule has 0 fully saturated rings. The van der Waals surface area contributed by atoms with E-state index in [-0.39, 0.29) is 5.91 Å². The van der Waals surface area contributed by atoms with Crippen molar-refractivity contribution in [2.24, 2.45) is 7.05 Å². The normalized spacial score (nSPS) is 13.8. The zero-order chi connectivity index (χ0) is 23.7. The highest BCUT2D eigenvalue weighted by molar-refractivity contribution is 6.37. The van der Waals surface area contributed by atoms with Crippen molar-refractivity contribution >= 4 is 34.5 Å². The van der Waals surface area contributed by atoms with E-state index in [0.29, 0.717) is 28.1 Å². The van der Waals surface area contributed by atoms with E-state index in [1.165, 1.54) is 7.11 Å². The van der Waals surface area contributed by atoms with Crippen molar-refractivity contribution in [2.75, 3.05) is 17.7 Å². The van der Waals surface area contributed by atoms with Gasteiger partial charge in [-0.25, -0.2) is 9.78 Å². The molecule has 2 N–H and O–H groups in total. The number of fused-ring (bicyclic) bond motifs is 1. The highest BCUT2D eigenvalue weighted by Crippen LogP contribution is 2.38. The summed E-state index contributed by atoms with van der Waals surface area (Å²) in [5, 5.41) is 6.28. The molecule has 3 heterocycles. The van der Waals surface area contributed by atoms with Crippen LogP contribution < -0.4 is 10.6 Å². The summed E-state index contributed by atoms with van der Waals surface area (Å²) in [5.74, 6) is 0.139. The minimum atomic E-state index is -0.463. The summed E-state index contributed by atoms with van der Waals surface area (Å²) >= 11 is 0. The molecule has 2 aromatic carbocycles. The van der Waals surface area contributed by atoms with Crippen LogP contribution in [0.15, 0.2) is 79.4 Å². The van der Waals surface area contributed by atoms with Crippen molar-refractivity contribution in [3.63, 3.8) is 0 Å². The second-order valence-electron chi connectivity index (χ2n) is 7.76. The minimum absolute atomic E-state index is 0.263. The number of aromatic nitrogens is 3. The number of aryl methyl sites for hydroxylation is 1. The Morgan fingerprint density at radius 3 is 2.44 bits per heavy atom. The quantitative estimate of drug-likeness (QED) is 0.349. The van der Waals surface area contributed by atoms with Gasteiger partial charge in [-0.2, -0.15) is 0 Å². The number of nitrogens with zero attached hydrogens (tertiary/aromatic N) is 3. The summed E-state index contributed by atoms with van der Waals surface area (Å²) in [6, 6.07) is 16.5. The molecule has 0 atom stereocenters. The summed E-state index contributed by atoms with van der Waals surface area (Å²) in [6.45, 7) is 0. The molecule has 0 spiro atoms. The largest absolute Gasteiger partial charge is 0.465 e. The van der Waals surface area contributed by atoms with Crippen molar-refractivity contribution in [1.82, 2.24) is 14.5 Å². The number of imidazole rings is 1. The summed E-state index contributed by atoms with van der Waals surface area (Å²) in [7, 11) is 3.27. The van der Waals surface area contributed by atoms with E-state index >= 15 is 0 Å². The van der Waals surface area contributed by atoms with Crippen molar-refractivity contribution in [3.8, 4) is 11.4 Å². The molecule has 168 valence electrons. The number of amides is 1. The molecule has 1 aliphatic rings. The molecule has 8 nitrogen and oxygen atoms in total. The second kappa shape index (κ2) is 8.67. The molecule has 0 saturated carbocycles. The van der Waals surface area contributed by atoms with Crippen LogP contribution in [0.4, 0.5) is 11.4 Å². The molecular weight excluding hydrogens is 430 g/mol. The van der Waals surface area contributed by atoms with Crippen molar-refractivity contribution < 1.29 is 14.3 Å². The number of nitrogens with one attached hydrogen (secondary N) is 2. The van der Waals surface area contributed by atoms with Crippen LogP contribution in [0.1, 0.15) is 21.5 Å². The van der Waals surface area contributed by atoms with Gasteiger partial charge in [0.15, 0.2) is 0 Å². The van der Waals surface area contributed by atoms with E-state index in [9.17, 15) is 9.59 Å². The summed E-state index contributed by atoms with van der Waals surface area (Å²) < 4.78 is 6.75. The molecule has 0 unspecified atom stereocenters. The van der Waals surface area contributed by atoms with Gasteiger partial charge in [-0.05, 0) is 48.5 Å². The van der Waals surface area contributed by atoms with Gasteiger partial charge < -0.3 is 19.9 Å². The molecule has 4 aromatic rings. The number of hydrogen-bond donors (Lipinski definition) is 2. The molecule has 0 saturated heterocycles. The minimum Gasteiger partial charge on any atom is -0.465 e. The Bertz CT molecular complexity index is 1420. The highest BCUT2D eigenvalue weighted by Gasteiger charge is 2.29. The predicted octanol–water partition coefficient (Wildman–Crippen LogP) is 4.20. The molecule has 1 amide bonds. The van der Waals surface area contributed by atoms with Gasteiger partial charge in [0.25, 0.3) is 5.91 Å². The Balaban J connectivity index is 1.58. The number of benzene rings is 2. The second-order valence-corrected chi connectivity index (χ2v) is 7.76. The number of carbonyl (C=O) groups is 2. The topological polar surface area (TPSA) is 98.1 Å². The molecule has 0 radical (unpaired) electrons. The molecular formula is C26H21N5O3. The van der Waals surface area contributed by atoms with E-state index < -0.39 is 5.97 Å². The van der Waals surface area contributed by atoms with Gasteiger partial charge in [-0.15, -0.1) is 0 Å².